The molecule has 2 atom stereocenters. The topological polar surface area (TPSA) is 15.3 Å². The summed E-state index contributed by atoms with van der Waals surface area (Å²) in [6.07, 6.45) is 11.4. The maximum Gasteiger partial charge on any atom is 0.0235 e. The summed E-state index contributed by atoms with van der Waals surface area (Å²) in [5.74, 6) is 0.962. The molecule has 0 radical (unpaired) electrons. The van der Waals surface area contributed by atoms with Crippen LogP contribution >= 0.6 is 0 Å². The Kier molecular flexibility index (Phi) is 5.79. The van der Waals surface area contributed by atoms with Gasteiger partial charge in [0.05, 0.1) is 0 Å². The molecule has 2 rings (SSSR count). The number of hydrogen-bond acceptors (Lipinski definition) is 2. The van der Waals surface area contributed by atoms with E-state index in [9.17, 15) is 0 Å². The number of hydrogen-bond donors (Lipinski definition) is 1. The number of nitrogens with zero attached hydrogens (tertiary/aromatic N) is 1. The third-order valence-corrected chi connectivity index (χ3v) is 4.50. The first-order valence-electron chi connectivity index (χ1n) is 7.86. The van der Waals surface area contributed by atoms with Gasteiger partial charge in [0.15, 0.2) is 0 Å². The van der Waals surface area contributed by atoms with E-state index in [-0.39, 0.29) is 0 Å². The number of unbranched alkanes of at least 4 members (excludes halogenated alkanes) is 5. The average molecular weight is 238 g/mol. The summed E-state index contributed by atoms with van der Waals surface area (Å²) >= 11 is 0. The highest BCUT2D eigenvalue weighted by Crippen LogP contribution is 2.25. The van der Waals surface area contributed by atoms with Gasteiger partial charge in [0.2, 0.25) is 0 Å². The van der Waals surface area contributed by atoms with Crippen LogP contribution in [0.25, 0.3) is 0 Å². The van der Waals surface area contributed by atoms with E-state index in [1.165, 1.54) is 77.5 Å². The SMILES string of the molecule is CCCCCCCCN1CC2CCCNC2C1. The maximum absolute atomic E-state index is 3.69. The van der Waals surface area contributed by atoms with Crippen LogP contribution < -0.4 is 5.32 Å². The summed E-state index contributed by atoms with van der Waals surface area (Å²) in [5, 5.41) is 3.69. The van der Waals surface area contributed by atoms with Gasteiger partial charge < -0.3 is 10.2 Å². The lowest BCUT2D eigenvalue weighted by molar-refractivity contribution is 0.311. The molecule has 2 nitrogen and oxygen atoms in total. The van der Waals surface area contributed by atoms with Gasteiger partial charge in [-0.2, -0.15) is 0 Å². The van der Waals surface area contributed by atoms with E-state index in [4.69, 9.17) is 0 Å². The largest absolute Gasteiger partial charge is 0.312 e. The predicted molar refractivity (Wildman–Crippen MR) is 74.3 cm³/mol. The van der Waals surface area contributed by atoms with E-state index in [0.29, 0.717) is 0 Å². The minimum atomic E-state index is 0.823. The number of fused-ring (bicyclic) bond motifs is 1. The second-order valence-corrected chi connectivity index (χ2v) is 5.99. The monoisotopic (exact) mass is 238 g/mol. The summed E-state index contributed by atoms with van der Waals surface area (Å²) in [6, 6.07) is 0.823. The molecule has 17 heavy (non-hydrogen) atoms. The lowest BCUT2D eigenvalue weighted by atomic mass is 9.94. The molecule has 0 aromatic heterocycles. The lowest BCUT2D eigenvalue weighted by Gasteiger charge is -2.24. The van der Waals surface area contributed by atoms with Gasteiger partial charge >= 0.3 is 0 Å². The highest BCUT2D eigenvalue weighted by atomic mass is 15.2. The molecule has 0 aliphatic carbocycles. The van der Waals surface area contributed by atoms with Crippen molar-refractivity contribution in [3.63, 3.8) is 0 Å². The Bertz CT molecular complexity index is 191. The van der Waals surface area contributed by atoms with Gasteiger partial charge in [-0.1, -0.05) is 39.0 Å². The summed E-state index contributed by atoms with van der Waals surface area (Å²) in [4.78, 5) is 2.70. The Morgan fingerprint density at radius 2 is 1.88 bits per heavy atom. The lowest BCUT2D eigenvalue weighted by Crippen LogP contribution is -2.40. The van der Waals surface area contributed by atoms with Crippen molar-refractivity contribution in [2.24, 2.45) is 5.92 Å². The highest BCUT2D eigenvalue weighted by molar-refractivity contribution is 4.91. The van der Waals surface area contributed by atoms with Gasteiger partial charge in [-0.25, -0.2) is 0 Å². The fraction of sp³-hybridized carbons (Fsp3) is 1.00. The molecular weight excluding hydrogens is 208 g/mol. The number of piperidine rings is 1. The van der Waals surface area contributed by atoms with Crippen LogP contribution in [-0.4, -0.2) is 37.1 Å². The van der Waals surface area contributed by atoms with Crippen molar-refractivity contribution in [1.29, 1.82) is 0 Å². The normalized spacial score (nSPS) is 29.5. The third-order valence-electron chi connectivity index (χ3n) is 4.50. The van der Waals surface area contributed by atoms with E-state index in [1.807, 2.05) is 0 Å². The van der Waals surface area contributed by atoms with E-state index in [2.05, 4.69) is 17.1 Å². The van der Waals surface area contributed by atoms with Crippen molar-refractivity contribution in [3.8, 4) is 0 Å². The van der Waals surface area contributed by atoms with Crippen LogP contribution in [0.1, 0.15) is 58.3 Å². The van der Waals surface area contributed by atoms with Crippen molar-refractivity contribution < 1.29 is 0 Å². The smallest absolute Gasteiger partial charge is 0.0235 e. The second kappa shape index (κ2) is 7.38. The van der Waals surface area contributed by atoms with Crippen molar-refractivity contribution >= 4 is 0 Å². The van der Waals surface area contributed by atoms with E-state index < -0.39 is 0 Å². The molecule has 100 valence electrons. The number of nitrogens with one attached hydrogen (secondary N) is 1. The number of rotatable bonds is 7. The molecule has 0 bridgehead atoms. The van der Waals surface area contributed by atoms with Crippen LogP contribution in [0, 0.1) is 5.92 Å². The van der Waals surface area contributed by atoms with Gasteiger partial charge in [-0.15, -0.1) is 0 Å². The minimum absolute atomic E-state index is 0.823. The fourth-order valence-electron chi connectivity index (χ4n) is 3.43. The average Bonchev–Trinajstić information content (AvgIpc) is 2.76. The zero-order chi connectivity index (χ0) is 11.9. The first kappa shape index (κ1) is 13.4. The minimum Gasteiger partial charge on any atom is -0.312 e. The van der Waals surface area contributed by atoms with Crippen LogP contribution in [0.4, 0.5) is 0 Å². The van der Waals surface area contributed by atoms with Crippen LogP contribution in [0.5, 0.6) is 0 Å². The molecule has 0 aromatic rings. The molecule has 2 saturated heterocycles. The molecule has 2 heteroatoms. The van der Waals surface area contributed by atoms with Crippen molar-refractivity contribution in [1.82, 2.24) is 10.2 Å². The summed E-state index contributed by atoms with van der Waals surface area (Å²) < 4.78 is 0. The summed E-state index contributed by atoms with van der Waals surface area (Å²) in [6.45, 7) is 7.58. The Hall–Kier alpha value is -0.0800. The second-order valence-electron chi connectivity index (χ2n) is 5.99. The Labute approximate surface area is 107 Å². The van der Waals surface area contributed by atoms with E-state index in [0.717, 1.165) is 12.0 Å². The van der Waals surface area contributed by atoms with Crippen LogP contribution in [0.3, 0.4) is 0 Å². The Morgan fingerprint density at radius 1 is 1.06 bits per heavy atom. The third kappa shape index (κ3) is 4.26. The molecule has 2 unspecified atom stereocenters. The summed E-state index contributed by atoms with van der Waals surface area (Å²) in [5.41, 5.74) is 0. The van der Waals surface area contributed by atoms with Crippen molar-refractivity contribution in [3.05, 3.63) is 0 Å². The van der Waals surface area contributed by atoms with Crippen molar-refractivity contribution in [2.75, 3.05) is 26.2 Å². The molecule has 0 amide bonds. The first-order valence-corrected chi connectivity index (χ1v) is 7.86. The molecular formula is C15H30N2. The standard InChI is InChI=1S/C15H30N2/c1-2-3-4-5-6-7-11-17-12-14-9-8-10-16-15(14)13-17/h14-16H,2-13H2,1H3. The van der Waals surface area contributed by atoms with Gasteiger partial charge in [0, 0.05) is 19.1 Å². The Morgan fingerprint density at radius 3 is 2.71 bits per heavy atom. The number of likely N-dealkylation sites (tertiary alicyclic amines) is 1. The van der Waals surface area contributed by atoms with Gasteiger partial charge in [-0.05, 0) is 38.3 Å². The summed E-state index contributed by atoms with van der Waals surface area (Å²) in [7, 11) is 0. The predicted octanol–water partition coefficient (Wildman–Crippen LogP) is 3.03. The van der Waals surface area contributed by atoms with Gasteiger partial charge in [-0.3, -0.25) is 0 Å². The molecule has 1 N–H and O–H groups in total. The molecule has 2 heterocycles. The zero-order valence-corrected chi connectivity index (χ0v) is 11.6. The quantitative estimate of drug-likeness (QED) is 0.686. The van der Waals surface area contributed by atoms with Gasteiger partial charge in [0.25, 0.3) is 0 Å². The van der Waals surface area contributed by atoms with Crippen molar-refractivity contribution in [2.45, 2.75) is 64.3 Å². The maximum atomic E-state index is 3.69. The molecule has 2 fully saturated rings. The Balaban J connectivity index is 1.52. The zero-order valence-electron chi connectivity index (χ0n) is 11.6. The van der Waals surface area contributed by atoms with E-state index in [1.54, 1.807) is 0 Å². The molecule has 2 aliphatic heterocycles. The van der Waals surface area contributed by atoms with Crippen LogP contribution in [0.15, 0.2) is 0 Å². The molecule has 0 saturated carbocycles. The van der Waals surface area contributed by atoms with Gasteiger partial charge in [0.1, 0.15) is 0 Å². The fourth-order valence-corrected chi connectivity index (χ4v) is 3.43. The van der Waals surface area contributed by atoms with E-state index >= 15 is 0 Å². The first-order chi connectivity index (χ1) is 8.40. The highest BCUT2D eigenvalue weighted by Gasteiger charge is 2.33. The molecule has 0 spiro atoms. The molecule has 2 aliphatic rings. The molecule has 0 aromatic carbocycles. The van der Waals surface area contributed by atoms with Crippen LogP contribution in [0.2, 0.25) is 0 Å². The van der Waals surface area contributed by atoms with Crippen LogP contribution in [-0.2, 0) is 0 Å².